The number of thiocarbonyl (C=S) groups is 1. The van der Waals surface area contributed by atoms with E-state index in [-0.39, 0.29) is 18.2 Å². The predicted molar refractivity (Wildman–Crippen MR) is 135 cm³/mol. The molecule has 7 nitrogen and oxygen atoms in total. The summed E-state index contributed by atoms with van der Waals surface area (Å²) in [7, 11) is 0. The topological polar surface area (TPSA) is 84.7 Å². The Morgan fingerprint density at radius 3 is 2.60 bits per heavy atom. The molecular weight excluding hydrogens is 632 g/mol. The Bertz CT molecular complexity index is 1040. The lowest BCUT2D eigenvalue weighted by Gasteiger charge is -2.12. The molecule has 1 aliphatic heterocycles. The fourth-order valence-electron chi connectivity index (χ4n) is 2.88. The van der Waals surface area contributed by atoms with Crippen molar-refractivity contribution in [1.82, 2.24) is 10.2 Å². The van der Waals surface area contributed by atoms with Crippen LogP contribution in [0.3, 0.4) is 0 Å². The van der Waals surface area contributed by atoms with Gasteiger partial charge in [0.25, 0.3) is 11.6 Å². The SMILES string of the molecule is CCCN1C(=O)/C(=C/c2cc(I)c(OCc3cccc([N+](=O)[O-])c3)c(I)c2)NC1=S. The molecule has 0 saturated carbocycles. The quantitative estimate of drug-likeness (QED) is 0.152. The first-order valence-corrected chi connectivity index (χ1v) is 11.6. The number of ether oxygens (including phenoxy) is 1. The highest BCUT2D eigenvalue weighted by Crippen LogP contribution is 2.31. The van der Waals surface area contributed by atoms with E-state index >= 15 is 0 Å². The highest BCUT2D eigenvalue weighted by molar-refractivity contribution is 14.1. The number of amides is 1. The van der Waals surface area contributed by atoms with Crippen LogP contribution in [0.15, 0.2) is 42.1 Å². The minimum absolute atomic E-state index is 0.0335. The Labute approximate surface area is 206 Å². The largest absolute Gasteiger partial charge is 0.487 e. The number of nitrogens with zero attached hydrogens (tertiary/aromatic N) is 2. The number of nitro groups is 1. The van der Waals surface area contributed by atoms with Gasteiger partial charge in [-0.05, 0) is 93.2 Å². The summed E-state index contributed by atoms with van der Waals surface area (Å²) in [5, 5.41) is 14.3. The van der Waals surface area contributed by atoms with Crippen molar-refractivity contribution in [3.63, 3.8) is 0 Å². The van der Waals surface area contributed by atoms with E-state index < -0.39 is 4.92 Å². The molecule has 1 heterocycles. The molecule has 0 spiro atoms. The van der Waals surface area contributed by atoms with Crippen molar-refractivity contribution in [2.75, 3.05) is 6.54 Å². The van der Waals surface area contributed by atoms with Gasteiger partial charge in [-0.3, -0.25) is 19.8 Å². The summed E-state index contributed by atoms with van der Waals surface area (Å²) in [5.74, 6) is 0.566. The summed E-state index contributed by atoms with van der Waals surface area (Å²) in [6, 6.07) is 10.2. The molecule has 2 aromatic carbocycles. The van der Waals surface area contributed by atoms with Gasteiger partial charge in [-0.15, -0.1) is 0 Å². The lowest BCUT2D eigenvalue weighted by Crippen LogP contribution is -2.31. The molecular formula is C20H17I2N3O4S. The first kappa shape index (κ1) is 22.9. The third-order valence-corrected chi connectivity index (χ3v) is 6.17. The van der Waals surface area contributed by atoms with Gasteiger partial charge in [0, 0.05) is 18.7 Å². The maximum absolute atomic E-state index is 12.5. The van der Waals surface area contributed by atoms with Gasteiger partial charge < -0.3 is 10.1 Å². The maximum atomic E-state index is 12.5. The molecule has 2 aromatic rings. The summed E-state index contributed by atoms with van der Waals surface area (Å²) in [6.45, 7) is 2.80. The minimum atomic E-state index is -0.426. The van der Waals surface area contributed by atoms with Gasteiger partial charge in [0.2, 0.25) is 0 Å². The molecule has 0 bridgehead atoms. The van der Waals surface area contributed by atoms with Crippen LogP contribution in [0.4, 0.5) is 5.69 Å². The molecule has 156 valence electrons. The molecule has 10 heteroatoms. The average Bonchev–Trinajstić information content (AvgIpc) is 2.95. The molecule has 0 unspecified atom stereocenters. The van der Waals surface area contributed by atoms with E-state index in [0.29, 0.717) is 28.7 Å². The zero-order valence-electron chi connectivity index (χ0n) is 15.9. The maximum Gasteiger partial charge on any atom is 0.276 e. The van der Waals surface area contributed by atoms with Crippen LogP contribution in [0.25, 0.3) is 6.08 Å². The number of hydrogen-bond acceptors (Lipinski definition) is 5. The van der Waals surface area contributed by atoms with Gasteiger partial charge in [0.1, 0.15) is 18.1 Å². The van der Waals surface area contributed by atoms with Crippen molar-refractivity contribution >= 4 is 80.2 Å². The zero-order chi connectivity index (χ0) is 21.8. The lowest BCUT2D eigenvalue weighted by molar-refractivity contribution is -0.384. The van der Waals surface area contributed by atoms with E-state index in [2.05, 4.69) is 50.5 Å². The molecule has 1 amide bonds. The Hall–Kier alpha value is -1.80. The summed E-state index contributed by atoms with van der Waals surface area (Å²) in [4.78, 5) is 24.6. The fourth-order valence-corrected chi connectivity index (χ4v) is 5.29. The van der Waals surface area contributed by atoms with Gasteiger partial charge in [0.05, 0.1) is 12.1 Å². The van der Waals surface area contributed by atoms with Gasteiger partial charge in [0.15, 0.2) is 5.11 Å². The van der Waals surface area contributed by atoms with Crippen molar-refractivity contribution in [2.24, 2.45) is 0 Å². The molecule has 0 aromatic heterocycles. The standard InChI is InChI=1S/C20H17I2N3O4S/c1-2-6-24-19(26)17(23-20(24)30)10-13-8-15(21)18(16(22)9-13)29-11-12-4-3-5-14(7-12)25(27)28/h3-5,7-10H,2,6,11H2,1H3,(H,23,30)/b17-10-. The number of carbonyl (C=O) groups is 1. The van der Waals surface area contributed by atoms with Crippen LogP contribution < -0.4 is 10.1 Å². The second-order valence-electron chi connectivity index (χ2n) is 6.47. The molecule has 3 rings (SSSR count). The molecule has 0 radical (unpaired) electrons. The number of nitrogens with one attached hydrogen (secondary N) is 1. The van der Waals surface area contributed by atoms with E-state index in [9.17, 15) is 14.9 Å². The van der Waals surface area contributed by atoms with Crippen molar-refractivity contribution in [3.05, 3.63) is 70.5 Å². The third kappa shape index (κ3) is 5.27. The van der Waals surface area contributed by atoms with Crippen LogP contribution in [-0.2, 0) is 11.4 Å². The van der Waals surface area contributed by atoms with Crippen LogP contribution in [0, 0.1) is 17.3 Å². The van der Waals surface area contributed by atoms with Gasteiger partial charge >= 0.3 is 0 Å². The average molecular weight is 649 g/mol. The molecule has 30 heavy (non-hydrogen) atoms. The first-order valence-electron chi connectivity index (χ1n) is 9.00. The molecule has 1 saturated heterocycles. The number of nitro benzene ring substituents is 1. The second kappa shape index (κ2) is 10.0. The Morgan fingerprint density at radius 1 is 1.27 bits per heavy atom. The number of hydrogen-bond donors (Lipinski definition) is 1. The first-order chi connectivity index (χ1) is 14.3. The normalized spacial score (nSPS) is 14.9. The van der Waals surface area contributed by atoms with Crippen LogP contribution in [0.1, 0.15) is 24.5 Å². The van der Waals surface area contributed by atoms with E-state index in [4.69, 9.17) is 17.0 Å². The van der Waals surface area contributed by atoms with Crippen LogP contribution >= 0.6 is 57.4 Å². The predicted octanol–water partition coefficient (Wildman–Crippen LogP) is 4.85. The van der Waals surface area contributed by atoms with Gasteiger partial charge in [-0.1, -0.05) is 19.1 Å². The summed E-state index contributed by atoms with van der Waals surface area (Å²) in [5.41, 5.74) is 2.05. The fraction of sp³-hybridized carbons (Fsp3) is 0.200. The number of rotatable bonds is 7. The van der Waals surface area contributed by atoms with Crippen molar-refractivity contribution < 1.29 is 14.5 Å². The number of halogens is 2. The van der Waals surface area contributed by atoms with Crippen LogP contribution in [0.5, 0.6) is 5.75 Å². The number of carbonyl (C=O) groups excluding carboxylic acids is 1. The highest BCUT2D eigenvalue weighted by Gasteiger charge is 2.29. The summed E-state index contributed by atoms with van der Waals surface area (Å²) < 4.78 is 7.67. The molecule has 1 fully saturated rings. The van der Waals surface area contributed by atoms with Crippen molar-refractivity contribution in [2.45, 2.75) is 20.0 Å². The molecule has 0 atom stereocenters. The van der Waals surface area contributed by atoms with Gasteiger partial charge in [-0.25, -0.2) is 0 Å². The smallest absolute Gasteiger partial charge is 0.276 e. The number of non-ortho nitro benzene ring substituents is 1. The monoisotopic (exact) mass is 649 g/mol. The molecule has 1 N–H and O–H groups in total. The van der Waals surface area contributed by atoms with E-state index in [1.807, 2.05) is 19.1 Å². The Kier molecular flexibility index (Phi) is 7.63. The van der Waals surface area contributed by atoms with E-state index in [1.54, 1.807) is 23.1 Å². The second-order valence-corrected chi connectivity index (χ2v) is 9.19. The van der Waals surface area contributed by atoms with Gasteiger partial charge in [-0.2, -0.15) is 0 Å². The van der Waals surface area contributed by atoms with E-state index in [0.717, 1.165) is 19.1 Å². The van der Waals surface area contributed by atoms with Crippen LogP contribution in [0.2, 0.25) is 0 Å². The van der Waals surface area contributed by atoms with E-state index in [1.165, 1.54) is 12.1 Å². The molecule has 0 aliphatic carbocycles. The van der Waals surface area contributed by atoms with Crippen molar-refractivity contribution in [3.8, 4) is 5.75 Å². The summed E-state index contributed by atoms with van der Waals surface area (Å²) >= 11 is 9.60. The summed E-state index contributed by atoms with van der Waals surface area (Å²) in [6.07, 6.45) is 2.60. The van der Waals surface area contributed by atoms with Crippen molar-refractivity contribution in [1.29, 1.82) is 0 Å². The Balaban J connectivity index is 1.78. The zero-order valence-corrected chi connectivity index (χ0v) is 21.0. The minimum Gasteiger partial charge on any atom is -0.487 e. The van der Waals surface area contributed by atoms with Crippen LogP contribution in [-0.4, -0.2) is 27.4 Å². The highest BCUT2D eigenvalue weighted by atomic mass is 127. The number of benzene rings is 2. The third-order valence-electron chi connectivity index (χ3n) is 4.25. The molecule has 1 aliphatic rings. The Morgan fingerprint density at radius 2 is 1.97 bits per heavy atom. The lowest BCUT2D eigenvalue weighted by atomic mass is 10.1.